The van der Waals surface area contributed by atoms with E-state index in [1.165, 1.54) is 30.3 Å². The Bertz CT molecular complexity index is 887. The largest absolute Gasteiger partial charge is 0.468 e. The molecule has 3 rings (SSSR count). The van der Waals surface area contributed by atoms with Crippen LogP contribution in [0, 0.1) is 34.3 Å². The molecule has 0 saturated carbocycles. The standard InChI is InChI=1S/C18H12F2N2O2/c1-24-17(23)15-16(22)14-12(3-2-4-13(14)20)18(15,9-21)10-5-7-11(19)8-6-10/h2-8,15,22H,1H3/t15-,18-/m1/s1. The highest BCUT2D eigenvalue weighted by Crippen LogP contribution is 2.48. The molecule has 1 aliphatic carbocycles. The number of nitrogens with zero attached hydrogens (tertiary/aromatic N) is 1. The van der Waals surface area contributed by atoms with Gasteiger partial charge >= 0.3 is 5.97 Å². The van der Waals surface area contributed by atoms with Crippen LogP contribution < -0.4 is 0 Å². The zero-order valence-corrected chi connectivity index (χ0v) is 12.6. The number of hydrogen-bond acceptors (Lipinski definition) is 4. The minimum Gasteiger partial charge on any atom is -0.468 e. The maximum atomic E-state index is 14.3. The van der Waals surface area contributed by atoms with E-state index >= 15 is 0 Å². The van der Waals surface area contributed by atoms with Gasteiger partial charge in [0.1, 0.15) is 23.0 Å². The van der Waals surface area contributed by atoms with Gasteiger partial charge in [-0.3, -0.25) is 4.79 Å². The molecule has 1 aliphatic rings. The van der Waals surface area contributed by atoms with Crippen molar-refractivity contribution < 1.29 is 18.3 Å². The first kappa shape index (κ1) is 15.8. The third kappa shape index (κ3) is 1.95. The van der Waals surface area contributed by atoms with E-state index in [2.05, 4.69) is 6.07 Å². The number of carbonyl (C=O) groups is 1. The monoisotopic (exact) mass is 326 g/mol. The van der Waals surface area contributed by atoms with Gasteiger partial charge < -0.3 is 10.1 Å². The highest BCUT2D eigenvalue weighted by molar-refractivity contribution is 6.17. The van der Waals surface area contributed by atoms with Gasteiger partial charge in [-0.25, -0.2) is 8.78 Å². The molecular formula is C18H12F2N2O2. The Kier molecular flexibility index (Phi) is 3.64. The van der Waals surface area contributed by atoms with Crippen molar-refractivity contribution in [2.75, 3.05) is 7.11 Å². The van der Waals surface area contributed by atoms with E-state index in [-0.39, 0.29) is 16.8 Å². The van der Waals surface area contributed by atoms with Gasteiger partial charge in [-0.1, -0.05) is 24.3 Å². The fourth-order valence-electron chi connectivity index (χ4n) is 3.28. The molecule has 0 bridgehead atoms. The zero-order chi connectivity index (χ0) is 17.5. The van der Waals surface area contributed by atoms with Crippen LogP contribution in [0.3, 0.4) is 0 Å². The Morgan fingerprint density at radius 1 is 1.25 bits per heavy atom. The van der Waals surface area contributed by atoms with Gasteiger partial charge in [0, 0.05) is 5.56 Å². The van der Waals surface area contributed by atoms with Gasteiger partial charge in [-0.15, -0.1) is 0 Å². The SMILES string of the molecule is COC(=O)[C@H]1C(=N)c2c(F)cccc2[C@@]1(C#N)c1ccc(F)cc1. The topological polar surface area (TPSA) is 73.9 Å². The first-order valence-corrected chi connectivity index (χ1v) is 7.10. The van der Waals surface area contributed by atoms with Crippen LogP contribution in [0.2, 0.25) is 0 Å². The van der Waals surface area contributed by atoms with E-state index in [9.17, 15) is 18.8 Å². The maximum absolute atomic E-state index is 14.3. The third-order valence-electron chi connectivity index (χ3n) is 4.34. The molecule has 120 valence electrons. The highest BCUT2D eigenvalue weighted by Gasteiger charge is 2.57. The maximum Gasteiger partial charge on any atom is 0.317 e. The molecule has 0 unspecified atom stereocenters. The fourth-order valence-corrected chi connectivity index (χ4v) is 3.28. The lowest BCUT2D eigenvalue weighted by Crippen LogP contribution is -2.39. The Balaban J connectivity index is 2.38. The average molecular weight is 326 g/mol. The van der Waals surface area contributed by atoms with E-state index in [0.717, 1.165) is 19.2 Å². The number of benzene rings is 2. The number of nitriles is 1. The summed E-state index contributed by atoms with van der Waals surface area (Å²) in [6, 6.07) is 11.2. The van der Waals surface area contributed by atoms with Crippen molar-refractivity contribution in [3.8, 4) is 6.07 Å². The van der Waals surface area contributed by atoms with Crippen LogP contribution >= 0.6 is 0 Å². The van der Waals surface area contributed by atoms with Crippen LogP contribution in [-0.2, 0) is 14.9 Å². The Morgan fingerprint density at radius 3 is 2.50 bits per heavy atom. The summed E-state index contributed by atoms with van der Waals surface area (Å²) >= 11 is 0. The summed E-state index contributed by atoms with van der Waals surface area (Å²) in [5.74, 6) is -3.34. The molecule has 1 N–H and O–H groups in total. The predicted octanol–water partition coefficient (Wildman–Crippen LogP) is 2.95. The van der Waals surface area contributed by atoms with Crippen molar-refractivity contribution in [1.82, 2.24) is 0 Å². The number of nitrogens with one attached hydrogen (secondary N) is 1. The molecule has 4 nitrogen and oxygen atoms in total. The lowest BCUT2D eigenvalue weighted by atomic mass is 9.70. The lowest BCUT2D eigenvalue weighted by Gasteiger charge is -2.28. The molecule has 0 saturated heterocycles. The number of rotatable bonds is 2. The molecule has 0 aromatic heterocycles. The van der Waals surface area contributed by atoms with Crippen LogP contribution in [-0.4, -0.2) is 18.8 Å². The summed E-state index contributed by atoms with van der Waals surface area (Å²) in [5.41, 5.74) is -1.54. The summed E-state index contributed by atoms with van der Waals surface area (Å²) in [4.78, 5) is 12.3. The van der Waals surface area contributed by atoms with Crippen molar-refractivity contribution in [2.24, 2.45) is 5.92 Å². The van der Waals surface area contributed by atoms with Gasteiger partial charge in [-0.05, 0) is 29.3 Å². The quantitative estimate of drug-likeness (QED) is 0.862. The third-order valence-corrected chi connectivity index (χ3v) is 4.34. The van der Waals surface area contributed by atoms with Gasteiger partial charge in [-0.2, -0.15) is 5.26 Å². The van der Waals surface area contributed by atoms with Crippen LogP contribution in [0.1, 0.15) is 16.7 Å². The zero-order valence-electron chi connectivity index (χ0n) is 12.6. The van der Waals surface area contributed by atoms with Crippen molar-refractivity contribution in [2.45, 2.75) is 5.41 Å². The van der Waals surface area contributed by atoms with Crippen molar-refractivity contribution >= 4 is 11.7 Å². The molecule has 0 aliphatic heterocycles. The summed E-state index contributed by atoms with van der Waals surface area (Å²) in [5, 5.41) is 18.2. The Morgan fingerprint density at radius 2 is 1.92 bits per heavy atom. The molecule has 2 atom stereocenters. The van der Waals surface area contributed by atoms with Gasteiger partial charge in [0.2, 0.25) is 0 Å². The molecule has 0 radical (unpaired) electrons. The number of methoxy groups -OCH3 is 1. The van der Waals surface area contributed by atoms with Crippen LogP contribution in [0.15, 0.2) is 42.5 Å². The number of ether oxygens (including phenoxy) is 1. The molecular weight excluding hydrogens is 314 g/mol. The van der Waals surface area contributed by atoms with E-state index in [1.807, 2.05) is 0 Å². The number of halogens is 2. The molecule has 6 heteroatoms. The second-order valence-electron chi connectivity index (χ2n) is 5.46. The minimum absolute atomic E-state index is 0.0845. The number of hydrogen-bond donors (Lipinski definition) is 1. The molecule has 0 amide bonds. The normalized spacial score (nSPS) is 21.9. The van der Waals surface area contributed by atoms with Crippen molar-refractivity contribution in [1.29, 1.82) is 10.7 Å². The molecule has 0 heterocycles. The van der Waals surface area contributed by atoms with Crippen LogP contribution in [0.25, 0.3) is 0 Å². The van der Waals surface area contributed by atoms with Gasteiger partial charge in [0.15, 0.2) is 0 Å². The number of carbonyl (C=O) groups excluding carboxylic acids is 1. The van der Waals surface area contributed by atoms with E-state index in [0.29, 0.717) is 5.56 Å². The number of esters is 1. The van der Waals surface area contributed by atoms with Crippen LogP contribution in [0.5, 0.6) is 0 Å². The Hall–Kier alpha value is -3.07. The fraction of sp³-hybridized carbons (Fsp3) is 0.167. The second-order valence-corrected chi connectivity index (χ2v) is 5.46. The average Bonchev–Trinajstić information content (AvgIpc) is 2.85. The van der Waals surface area contributed by atoms with Crippen LogP contribution in [0.4, 0.5) is 8.78 Å². The molecule has 0 fully saturated rings. The molecule has 24 heavy (non-hydrogen) atoms. The summed E-state index contributed by atoms with van der Waals surface area (Å²) in [6.45, 7) is 0. The molecule has 0 spiro atoms. The van der Waals surface area contributed by atoms with Crippen molar-refractivity contribution in [3.63, 3.8) is 0 Å². The van der Waals surface area contributed by atoms with Gasteiger partial charge in [0.25, 0.3) is 0 Å². The first-order chi connectivity index (χ1) is 11.5. The lowest BCUT2D eigenvalue weighted by molar-refractivity contribution is -0.143. The summed E-state index contributed by atoms with van der Waals surface area (Å²) in [7, 11) is 1.14. The Labute approximate surface area is 136 Å². The molecule has 2 aromatic carbocycles. The first-order valence-electron chi connectivity index (χ1n) is 7.10. The van der Waals surface area contributed by atoms with Crippen molar-refractivity contribution in [3.05, 3.63) is 70.8 Å². The summed E-state index contributed by atoms with van der Waals surface area (Å²) < 4.78 is 32.3. The van der Waals surface area contributed by atoms with E-state index < -0.39 is 28.9 Å². The second kappa shape index (κ2) is 5.53. The molecule has 2 aromatic rings. The smallest absolute Gasteiger partial charge is 0.317 e. The highest BCUT2D eigenvalue weighted by atomic mass is 19.1. The van der Waals surface area contributed by atoms with E-state index in [1.54, 1.807) is 0 Å². The predicted molar refractivity (Wildman–Crippen MR) is 81.5 cm³/mol. The van der Waals surface area contributed by atoms with Gasteiger partial charge in [0.05, 0.1) is 18.9 Å². The summed E-state index contributed by atoms with van der Waals surface area (Å²) in [6.07, 6.45) is 0. The van der Waals surface area contributed by atoms with E-state index in [4.69, 9.17) is 10.1 Å². The number of fused-ring (bicyclic) bond motifs is 1. The minimum atomic E-state index is -1.64.